The first kappa shape index (κ1) is 12.8. The first-order chi connectivity index (χ1) is 7.54. The highest BCUT2D eigenvalue weighted by Gasteiger charge is 2.10. The Kier molecular flexibility index (Phi) is 4.53. The lowest BCUT2D eigenvalue weighted by atomic mass is 10.0. The maximum absolute atomic E-state index is 11.5. The molecule has 1 atom stereocenters. The van der Waals surface area contributed by atoms with Crippen LogP contribution in [0, 0.1) is 13.8 Å². The van der Waals surface area contributed by atoms with E-state index < -0.39 is 0 Å². The van der Waals surface area contributed by atoms with Crippen LogP contribution in [0.1, 0.15) is 49.4 Å². The first-order valence-electron chi connectivity index (χ1n) is 5.91. The van der Waals surface area contributed by atoms with Gasteiger partial charge in [-0.15, -0.1) is 0 Å². The Bertz CT molecular complexity index is 371. The van der Waals surface area contributed by atoms with Crippen LogP contribution in [0.2, 0.25) is 0 Å². The fourth-order valence-electron chi connectivity index (χ4n) is 1.93. The summed E-state index contributed by atoms with van der Waals surface area (Å²) in [4.78, 5) is 11.5. The Morgan fingerprint density at radius 2 is 2.06 bits per heavy atom. The van der Waals surface area contributed by atoms with Crippen LogP contribution in [-0.2, 0) is 4.79 Å². The number of amides is 1. The number of carbonyl (C=O) groups excluding carboxylic acids is 1. The average molecular weight is 219 g/mol. The molecule has 0 saturated heterocycles. The second kappa shape index (κ2) is 5.69. The van der Waals surface area contributed by atoms with Gasteiger partial charge in [0.05, 0.1) is 6.04 Å². The molecule has 1 N–H and O–H groups in total. The number of hydrogen-bond donors (Lipinski definition) is 1. The molecule has 1 rings (SSSR count). The zero-order valence-corrected chi connectivity index (χ0v) is 10.6. The predicted molar refractivity (Wildman–Crippen MR) is 67.4 cm³/mol. The molecule has 0 aliphatic heterocycles. The summed E-state index contributed by atoms with van der Waals surface area (Å²) in [5, 5.41) is 3.02. The summed E-state index contributed by atoms with van der Waals surface area (Å²) in [5.74, 6) is 0.134. The number of hydrogen-bond acceptors (Lipinski definition) is 1. The van der Waals surface area contributed by atoms with Gasteiger partial charge in [0.2, 0.25) is 5.91 Å². The summed E-state index contributed by atoms with van der Waals surface area (Å²) in [6, 6.07) is 6.43. The fourth-order valence-corrected chi connectivity index (χ4v) is 1.93. The number of benzene rings is 1. The number of nitrogens with one attached hydrogen (secondary N) is 1. The van der Waals surface area contributed by atoms with E-state index in [1.807, 2.05) is 13.8 Å². The second-order valence-corrected chi connectivity index (χ2v) is 4.40. The summed E-state index contributed by atoms with van der Waals surface area (Å²) >= 11 is 0. The molecule has 0 heterocycles. The zero-order valence-electron chi connectivity index (χ0n) is 10.6. The average Bonchev–Trinajstić information content (AvgIpc) is 2.17. The van der Waals surface area contributed by atoms with E-state index in [9.17, 15) is 4.79 Å². The van der Waals surface area contributed by atoms with Crippen LogP contribution < -0.4 is 5.32 Å². The molecule has 1 aromatic rings. The third-order valence-corrected chi connectivity index (χ3v) is 2.75. The van der Waals surface area contributed by atoms with E-state index in [1.54, 1.807) is 0 Å². The third kappa shape index (κ3) is 3.37. The minimum atomic E-state index is 0.0969. The van der Waals surface area contributed by atoms with Crippen LogP contribution in [0.3, 0.4) is 0 Å². The summed E-state index contributed by atoms with van der Waals surface area (Å²) in [7, 11) is 0. The largest absolute Gasteiger partial charge is 0.350 e. The Morgan fingerprint density at radius 1 is 1.38 bits per heavy atom. The van der Waals surface area contributed by atoms with Gasteiger partial charge in [0.25, 0.3) is 0 Å². The fraction of sp³-hybridized carbons (Fsp3) is 0.500. The maximum atomic E-state index is 11.5. The van der Waals surface area contributed by atoms with Gasteiger partial charge in [-0.2, -0.15) is 0 Å². The highest BCUT2D eigenvalue weighted by molar-refractivity contribution is 5.76. The van der Waals surface area contributed by atoms with Gasteiger partial charge in [0, 0.05) is 6.42 Å². The molecular weight excluding hydrogens is 198 g/mol. The van der Waals surface area contributed by atoms with Crippen LogP contribution in [0.25, 0.3) is 0 Å². The quantitative estimate of drug-likeness (QED) is 0.827. The van der Waals surface area contributed by atoms with Crippen LogP contribution in [0.5, 0.6) is 0 Å². The Hall–Kier alpha value is -1.31. The smallest absolute Gasteiger partial charge is 0.220 e. The topological polar surface area (TPSA) is 29.1 Å². The SMILES string of the molecule is CCCC(=O)NC(C)c1ccc(C)cc1C. The van der Waals surface area contributed by atoms with Crippen molar-refractivity contribution in [3.63, 3.8) is 0 Å². The van der Waals surface area contributed by atoms with Crippen molar-refractivity contribution in [1.29, 1.82) is 0 Å². The molecular formula is C14H21NO. The van der Waals surface area contributed by atoms with E-state index in [2.05, 4.69) is 37.4 Å². The van der Waals surface area contributed by atoms with Gasteiger partial charge in [-0.1, -0.05) is 30.7 Å². The molecule has 1 unspecified atom stereocenters. The van der Waals surface area contributed by atoms with E-state index in [0.717, 1.165) is 6.42 Å². The van der Waals surface area contributed by atoms with Crippen molar-refractivity contribution >= 4 is 5.91 Å². The summed E-state index contributed by atoms with van der Waals surface area (Å²) < 4.78 is 0. The summed E-state index contributed by atoms with van der Waals surface area (Å²) in [6.45, 7) is 8.22. The molecule has 0 fully saturated rings. The number of rotatable bonds is 4. The van der Waals surface area contributed by atoms with Gasteiger partial charge in [0.15, 0.2) is 0 Å². The number of carbonyl (C=O) groups is 1. The molecule has 0 aromatic heterocycles. The van der Waals surface area contributed by atoms with Crippen molar-refractivity contribution in [1.82, 2.24) is 5.32 Å². The standard InChI is InChI=1S/C14H21NO/c1-5-6-14(16)15-12(4)13-8-7-10(2)9-11(13)3/h7-9,12H,5-6H2,1-4H3,(H,15,16). The Labute approximate surface area is 98.1 Å². The van der Waals surface area contributed by atoms with Crippen LogP contribution >= 0.6 is 0 Å². The molecule has 0 spiro atoms. The zero-order chi connectivity index (χ0) is 12.1. The third-order valence-electron chi connectivity index (χ3n) is 2.75. The molecule has 0 saturated carbocycles. The van der Waals surface area contributed by atoms with E-state index in [0.29, 0.717) is 6.42 Å². The molecule has 2 heteroatoms. The molecule has 1 amide bonds. The Morgan fingerprint density at radius 3 is 2.62 bits per heavy atom. The molecule has 1 aromatic carbocycles. The van der Waals surface area contributed by atoms with Crippen LogP contribution in [-0.4, -0.2) is 5.91 Å². The van der Waals surface area contributed by atoms with E-state index in [4.69, 9.17) is 0 Å². The van der Waals surface area contributed by atoms with E-state index >= 15 is 0 Å². The molecule has 0 aliphatic carbocycles. The van der Waals surface area contributed by atoms with Crippen molar-refractivity contribution in [2.75, 3.05) is 0 Å². The predicted octanol–water partition coefficient (Wildman–Crippen LogP) is 3.28. The van der Waals surface area contributed by atoms with Crippen molar-refractivity contribution in [2.24, 2.45) is 0 Å². The van der Waals surface area contributed by atoms with Crippen molar-refractivity contribution in [2.45, 2.75) is 46.6 Å². The summed E-state index contributed by atoms with van der Waals surface area (Å²) in [5.41, 5.74) is 3.70. The molecule has 88 valence electrons. The van der Waals surface area contributed by atoms with Gasteiger partial charge in [-0.25, -0.2) is 0 Å². The van der Waals surface area contributed by atoms with Gasteiger partial charge in [0.1, 0.15) is 0 Å². The van der Waals surface area contributed by atoms with Crippen LogP contribution in [0.15, 0.2) is 18.2 Å². The minimum absolute atomic E-state index is 0.0969. The van der Waals surface area contributed by atoms with Gasteiger partial charge in [-0.3, -0.25) is 4.79 Å². The van der Waals surface area contributed by atoms with Crippen molar-refractivity contribution in [3.8, 4) is 0 Å². The van der Waals surface area contributed by atoms with Crippen molar-refractivity contribution < 1.29 is 4.79 Å². The molecule has 0 radical (unpaired) electrons. The summed E-state index contributed by atoms with van der Waals surface area (Å²) in [6.07, 6.45) is 1.50. The molecule has 0 aliphatic rings. The number of aryl methyl sites for hydroxylation is 2. The normalized spacial score (nSPS) is 12.2. The highest BCUT2D eigenvalue weighted by Crippen LogP contribution is 2.18. The molecule has 16 heavy (non-hydrogen) atoms. The monoisotopic (exact) mass is 219 g/mol. The first-order valence-corrected chi connectivity index (χ1v) is 5.91. The van der Waals surface area contributed by atoms with Gasteiger partial charge < -0.3 is 5.32 Å². The van der Waals surface area contributed by atoms with E-state index in [-0.39, 0.29) is 11.9 Å². The highest BCUT2D eigenvalue weighted by atomic mass is 16.1. The molecule has 2 nitrogen and oxygen atoms in total. The van der Waals surface area contributed by atoms with Gasteiger partial charge >= 0.3 is 0 Å². The lowest BCUT2D eigenvalue weighted by molar-refractivity contribution is -0.121. The van der Waals surface area contributed by atoms with E-state index in [1.165, 1.54) is 16.7 Å². The second-order valence-electron chi connectivity index (χ2n) is 4.40. The van der Waals surface area contributed by atoms with Crippen LogP contribution in [0.4, 0.5) is 0 Å². The maximum Gasteiger partial charge on any atom is 0.220 e. The van der Waals surface area contributed by atoms with Crippen molar-refractivity contribution in [3.05, 3.63) is 34.9 Å². The molecule has 0 bridgehead atoms. The minimum Gasteiger partial charge on any atom is -0.350 e. The lowest BCUT2D eigenvalue weighted by Gasteiger charge is -2.16. The Balaban J connectivity index is 2.72. The van der Waals surface area contributed by atoms with Gasteiger partial charge in [-0.05, 0) is 38.3 Å². The lowest BCUT2D eigenvalue weighted by Crippen LogP contribution is -2.26.